The Morgan fingerprint density at radius 1 is 1.00 bits per heavy atom. The molecule has 0 bridgehead atoms. The first kappa shape index (κ1) is 9.26. The molecule has 1 aromatic rings. The SMILES string of the molecule is C=c1ccccc(=C)oc(=O)cc1. The quantitative estimate of drug-likeness (QED) is 0.576. The summed E-state index contributed by atoms with van der Waals surface area (Å²) in [7, 11) is 0. The van der Waals surface area contributed by atoms with E-state index in [2.05, 4.69) is 13.2 Å². The fourth-order valence-electron chi connectivity index (χ4n) is 0.770. The van der Waals surface area contributed by atoms with Crippen LogP contribution in [-0.2, 0) is 0 Å². The van der Waals surface area contributed by atoms with Gasteiger partial charge in [-0.1, -0.05) is 31.4 Å². The summed E-state index contributed by atoms with van der Waals surface area (Å²) in [4.78, 5) is 11.0. The molecular formula is C11H10O2. The first-order valence-corrected chi connectivity index (χ1v) is 3.81. The van der Waals surface area contributed by atoms with Crippen molar-refractivity contribution in [3.63, 3.8) is 0 Å². The molecule has 0 aliphatic heterocycles. The van der Waals surface area contributed by atoms with Gasteiger partial charge in [-0.25, -0.2) is 4.79 Å². The van der Waals surface area contributed by atoms with E-state index in [-0.39, 0.29) is 0 Å². The van der Waals surface area contributed by atoms with E-state index in [1.54, 1.807) is 30.3 Å². The predicted molar refractivity (Wildman–Crippen MR) is 52.9 cm³/mol. The summed E-state index contributed by atoms with van der Waals surface area (Å²) < 4.78 is 4.79. The molecule has 66 valence electrons. The van der Waals surface area contributed by atoms with E-state index in [9.17, 15) is 4.79 Å². The molecule has 0 aromatic carbocycles. The Balaban J connectivity index is 3.59. The molecule has 0 amide bonds. The predicted octanol–water partition coefficient (Wildman–Crippen LogP) is 0.585. The van der Waals surface area contributed by atoms with Crippen molar-refractivity contribution < 1.29 is 4.42 Å². The molecule has 0 aliphatic rings. The second-order valence-corrected chi connectivity index (χ2v) is 2.51. The van der Waals surface area contributed by atoms with Crippen LogP contribution in [0.5, 0.6) is 0 Å². The van der Waals surface area contributed by atoms with Gasteiger partial charge in [0, 0.05) is 6.07 Å². The van der Waals surface area contributed by atoms with Gasteiger partial charge in [-0.15, -0.1) is 0 Å². The highest BCUT2D eigenvalue weighted by Gasteiger charge is 1.75. The van der Waals surface area contributed by atoms with E-state index >= 15 is 0 Å². The van der Waals surface area contributed by atoms with E-state index in [1.807, 2.05) is 0 Å². The first-order valence-electron chi connectivity index (χ1n) is 3.81. The van der Waals surface area contributed by atoms with Crippen molar-refractivity contribution in [3.8, 4) is 0 Å². The molecule has 0 radical (unpaired) electrons. The fraction of sp³-hybridized carbons (Fsp3) is 0. The van der Waals surface area contributed by atoms with Crippen molar-refractivity contribution in [1.29, 1.82) is 0 Å². The topological polar surface area (TPSA) is 30.2 Å². The lowest BCUT2D eigenvalue weighted by molar-refractivity contribution is 0.484. The lowest BCUT2D eigenvalue weighted by atomic mass is 10.4. The van der Waals surface area contributed by atoms with E-state index in [0.717, 1.165) is 5.22 Å². The lowest BCUT2D eigenvalue weighted by Crippen LogP contribution is -2.04. The third-order valence-corrected chi connectivity index (χ3v) is 1.37. The zero-order valence-electron chi connectivity index (χ0n) is 7.19. The van der Waals surface area contributed by atoms with Gasteiger partial charge in [0.15, 0.2) is 0 Å². The van der Waals surface area contributed by atoms with Gasteiger partial charge in [-0.05, 0) is 17.4 Å². The maximum Gasteiger partial charge on any atom is 0.336 e. The Kier molecular flexibility index (Phi) is 3.03. The van der Waals surface area contributed by atoms with E-state index < -0.39 is 5.63 Å². The molecule has 0 spiro atoms. The Hall–Kier alpha value is -1.83. The van der Waals surface area contributed by atoms with E-state index in [1.165, 1.54) is 6.07 Å². The Morgan fingerprint density at radius 2 is 1.69 bits per heavy atom. The molecule has 0 saturated carbocycles. The maximum absolute atomic E-state index is 11.0. The van der Waals surface area contributed by atoms with Crippen molar-refractivity contribution >= 4 is 13.2 Å². The third-order valence-electron chi connectivity index (χ3n) is 1.37. The molecule has 0 unspecified atom stereocenters. The number of rotatable bonds is 0. The summed E-state index contributed by atoms with van der Waals surface area (Å²) in [5.41, 5.74) is -0.113. The summed E-state index contributed by atoms with van der Waals surface area (Å²) in [6, 6.07) is 9.85. The van der Waals surface area contributed by atoms with Crippen LogP contribution in [0.15, 0.2) is 45.6 Å². The average Bonchev–Trinajstić information content (AvgIpc) is 2.08. The van der Waals surface area contributed by atoms with Gasteiger partial charge in [-0.3, -0.25) is 0 Å². The minimum absolute atomic E-state index is 0.326. The van der Waals surface area contributed by atoms with Crippen LogP contribution in [0, 0.1) is 0 Å². The van der Waals surface area contributed by atoms with Crippen LogP contribution in [0.2, 0.25) is 0 Å². The van der Waals surface area contributed by atoms with Crippen molar-refractivity contribution in [2.24, 2.45) is 0 Å². The Bertz CT molecular complexity index is 484. The van der Waals surface area contributed by atoms with Crippen molar-refractivity contribution in [3.05, 3.63) is 57.5 Å². The smallest absolute Gasteiger partial charge is 0.336 e. The highest BCUT2D eigenvalue weighted by molar-refractivity contribution is 5.05. The zero-order chi connectivity index (χ0) is 9.68. The van der Waals surface area contributed by atoms with Gasteiger partial charge in [0.1, 0.15) is 5.42 Å². The summed E-state index contributed by atoms with van der Waals surface area (Å²) >= 11 is 0. The van der Waals surface area contributed by atoms with Gasteiger partial charge >= 0.3 is 5.63 Å². The molecule has 0 N–H and O–H groups in total. The minimum Gasteiger partial charge on any atom is -0.424 e. The van der Waals surface area contributed by atoms with E-state index in [0.29, 0.717) is 5.42 Å². The van der Waals surface area contributed by atoms with Crippen LogP contribution in [0.3, 0.4) is 0 Å². The van der Waals surface area contributed by atoms with Crippen molar-refractivity contribution in [1.82, 2.24) is 0 Å². The van der Waals surface area contributed by atoms with Gasteiger partial charge in [0.05, 0.1) is 0 Å². The maximum atomic E-state index is 11.0. The molecule has 1 aromatic heterocycles. The monoisotopic (exact) mass is 174 g/mol. The molecule has 1 rings (SSSR count). The van der Waals surface area contributed by atoms with Crippen LogP contribution in [0.4, 0.5) is 0 Å². The largest absolute Gasteiger partial charge is 0.424 e. The van der Waals surface area contributed by atoms with Crippen LogP contribution < -0.4 is 16.3 Å². The molecular weight excluding hydrogens is 164 g/mol. The second-order valence-electron chi connectivity index (χ2n) is 2.51. The molecule has 0 atom stereocenters. The van der Waals surface area contributed by atoms with Crippen LogP contribution in [-0.4, -0.2) is 0 Å². The molecule has 0 fully saturated rings. The van der Waals surface area contributed by atoms with Crippen LogP contribution in [0.25, 0.3) is 13.2 Å². The molecule has 2 heteroatoms. The summed E-state index contributed by atoms with van der Waals surface area (Å²) in [6.07, 6.45) is 0. The molecule has 0 aliphatic carbocycles. The van der Waals surface area contributed by atoms with Crippen molar-refractivity contribution in [2.45, 2.75) is 0 Å². The zero-order valence-corrected chi connectivity index (χ0v) is 7.19. The van der Waals surface area contributed by atoms with Crippen molar-refractivity contribution in [2.75, 3.05) is 0 Å². The van der Waals surface area contributed by atoms with Gasteiger partial charge in [0.25, 0.3) is 0 Å². The normalized spacial score (nSPS) is 8.92. The fourth-order valence-corrected chi connectivity index (χ4v) is 0.770. The van der Waals surface area contributed by atoms with Crippen LogP contribution >= 0.6 is 0 Å². The highest BCUT2D eigenvalue weighted by atomic mass is 16.4. The third kappa shape index (κ3) is 3.38. The molecule has 13 heavy (non-hydrogen) atoms. The van der Waals surface area contributed by atoms with Gasteiger partial charge < -0.3 is 4.42 Å². The van der Waals surface area contributed by atoms with Gasteiger partial charge in [0.2, 0.25) is 0 Å². The summed E-state index contributed by atoms with van der Waals surface area (Å²) in [5, 5.41) is 0.745. The molecule has 2 nitrogen and oxygen atoms in total. The minimum atomic E-state index is -0.439. The Labute approximate surface area is 75.8 Å². The van der Waals surface area contributed by atoms with Gasteiger partial charge in [-0.2, -0.15) is 0 Å². The lowest BCUT2D eigenvalue weighted by Gasteiger charge is -1.76. The number of hydrogen-bond acceptors (Lipinski definition) is 2. The Morgan fingerprint density at radius 3 is 2.46 bits per heavy atom. The number of hydrogen-bond donors (Lipinski definition) is 0. The summed E-state index contributed by atoms with van der Waals surface area (Å²) in [5.74, 6) is 0. The van der Waals surface area contributed by atoms with Crippen LogP contribution in [0.1, 0.15) is 0 Å². The molecule has 1 heterocycles. The first-order chi connectivity index (χ1) is 6.18. The average molecular weight is 174 g/mol. The standard InChI is InChI=1S/C11H10O2/c1-9-5-3-4-6-10(2)13-11(12)8-7-9/h3-8H,1-2H2. The second kappa shape index (κ2) is 4.26. The van der Waals surface area contributed by atoms with E-state index in [4.69, 9.17) is 4.42 Å². The molecule has 0 saturated heterocycles. The highest BCUT2D eigenvalue weighted by Crippen LogP contribution is 1.66. The summed E-state index contributed by atoms with van der Waals surface area (Å²) in [6.45, 7) is 7.24.